The van der Waals surface area contributed by atoms with E-state index in [1.54, 1.807) is 6.20 Å². The zero-order chi connectivity index (χ0) is 18.0. The predicted molar refractivity (Wildman–Crippen MR) is 109 cm³/mol. The van der Waals surface area contributed by atoms with E-state index in [1.165, 1.54) is 12.0 Å². The van der Waals surface area contributed by atoms with Crippen molar-refractivity contribution in [3.63, 3.8) is 0 Å². The van der Waals surface area contributed by atoms with Crippen molar-refractivity contribution >= 4 is 18.3 Å². The number of nitrogens with zero attached hydrogens (tertiary/aromatic N) is 2. The van der Waals surface area contributed by atoms with Gasteiger partial charge < -0.3 is 15.0 Å². The molecule has 1 aromatic carbocycles. The van der Waals surface area contributed by atoms with Gasteiger partial charge in [-0.2, -0.15) is 0 Å². The smallest absolute Gasteiger partial charge is 0.222 e. The first-order valence-electron chi connectivity index (χ1n) is 9.41. The van der Waals surface area contributed by atoms with Gasteiger partial charge in [-0.3, -0.25) is 9.78 Å². The van der Waals surface area contributed by atoms with Crippen LogP contribution >= 0.6 is 12.4 Å². The second-order valence-corrected chi connectivity index (χ2v) is 6.62. The Labute approximate surface area is 167 Å². The van der Waals surface area contributed by atoms with Crippen molar-refractivity contribution in [2.45, 2.75) is 38.8 Å². The van der Waals surface area contributed by atoms with Gasteiger partial charge in [-0.05, 0) is 42.7 Å². The van der Waals surface area contributed by atoms with Gasteiger partial charge in [0.05, 0.1) is 5.69 Å². The summed E-state index contributed by atoms with van der Waals surface area (Å²) in [6.45, 7) is 3.79. The minimum absolute atomic E-state index is 0. The molecule has 0 unspecified atom stereocenters. The second kappa shape index (κ2) is 11.6. The maximum atomic E-state index is 12.0. The Balaban J connectivity index is 0.00000261. The number of aromatic nitrogens is 1. The van der Waals surface area contributed by atoms with Crippen molar-refractivity contribution in [3.05, 3.63) is 59.9 Å². The number of carbonyl (C=O) groups excluding carboxylic acids is 1. The molecule has 3 rings (SSSR count). The molecule has 0 saturated carbocycles. The summed E-state index contributed by atoms with van der Waals surface area (Å²) in [6.07, 6.45) is 5.82. The van der Waals surface area contributed by atoms with Crippen LogP contribution in [0.5, 0.6) is 5.75 Å². The van der Waals surface area contributed by atoms with Gasteiger partial charge in [0, 0.05) is 38.8 Å². The normalized spacial score (nSPS) is 14.4. The van der Waals surface area contributed by atoms with Crippen molar-refractivity contribution in [2.75, 3.05) is 19.6 Å². The SMILES string of the molecule is Cl.O=C1CCCCCN1CCNCc1ccc(OCc2ccccn2)cc1. The molecule has 146 valence electrons. The van der Waals surface area contributed by atoms with E-state index in [4.69, 9.17) is 4.74 Å². The van der Waals surface area contributed by atoms with Crippen LogP contribution in [0.4, 0.5) is 0 Å². The number of benzene rings is 1. The lowest BCUT2D eigenvalue weighted by Crippen LogP contribution is -2.36. The summed E-state index contributed by atoms with van der Waals surface area (Å²) in [7, 11) is 0. The summed E-state index contributed by atoms with van der Waals surface area (Å²) < 4.78 is 5.75. The van der Waals surface area contributed by atoms with E-state index in [9.17, 15) is 4.79 Å². The monoisotopic (exact) mass is 389 g/mol. The van der Waals surface area contributed by atoms with Crippen LogP contribution in [0.3, 0.4) is 0 Å². The third-order valence-corrected chi connectivity index (χ3v) is 4.60. The van der Waals surface area contributed by atoms with Crippen LogP contribution in [0.2, 0.25) is 0 Å². The van der Waals surface area contributed by atoms with E-state index in [0.717, 1.165) is 50.5 Å². The number of amides is 1. The largest absolute Gasteiger partial charge is 0.487 e. The van der Waals surface area contributed by atoms with Crippen LogP contribution < -0.4 is 10.1 Å². The summed E-state index contributed by atoms with van der Waals surface area (Å²) in [5.41, 5.74) is 2.12. The zero-order valence-electron chi connectivity index (χ0n) is 15.6. The van der Waals surface area contributed by atoms with Crippen molar-refractivity contribution in [3.8, 4) is 5.75 Å². The molecule has 5 nitrogen and oxygen atoms in total. The second-order valence-electron chi connectivity index (χ2n) is 6.62. The Hall–Kier alpha value is -2.11. The summed E-state index contributed by atoms with van der Waals surface area (Å²) in [5.74, 6) is 1.15. The number of pyridine rings is 1. The summed E-state index contributed by atoms with van der Waals surface area (Å²) >= 11 is 0. The van der Waals surface area contributed by atoms with Crippen LogP contribution in [0, 0.1) is 0 Å². The van der Waals surface area contributed by atoms with E-state index in [1.807, 2.05) is 35.2 Å². The average molecular weight is 390 g/mol. The Morgan fingerprint density at radius 1 is 1.07 bits per heavy atom. The van der Waals surface area contributed by atoms with Crippen LogP contribution in [-0.4, -0.2) is 35.4 Å². The summed E-state index contributed by atoms with van der Waals surface area (Å²) in [6, 6.07) is 13.9. The topological polar surface area (TPSA) is 54.5 Å². The van der Waals surface area contributed by atoms with Crippen molar-refractivity contribution in [2.24, 2.45) is 0 Å². The van der Waals surface area contributed by atoms with Gasteiger partial charge >= 0.3 is 0 Å². The zero-order valence-corrected chi connectivity index (χ0v) is 16.4. The first-order valence-corrected chi connectivity index (χ1v) is 9.41. The lowest BCUT2D eigenvalue weighted by atomic mass is 10.2. The molecule has 1 aromatic heterocycles. The standard InChI is InChI=1S/C21H27N3O2.ClH/c25-21-7-2-1-5-14-24(21)15-13-22-16-18-8-10-20(11-9-18)26-17-19-6-3-4-12-23-19;/h3-4,6,8-12,22H,1-2,5,7,13-17H2;1H. The quantitative estimate of drug-likeness (QED) is 0.701. The van der Waals surface area contributed by atoms with Gasteiger partial charge in [0.1, 0.15) is 12.4 Å². The first-order chi connectivity index (χ1) is 12.8. The maximum absolute atomic E-state index is 12.0. The molecule has 1 fully saturated rings. The summed E-state index contributed by atoms with van der Waals surface area (Å²) in [5, 5.41) is 3.42. The van der Waals surface area contributed by atoms with Crippen molar-refractivity contribution in [1.82, 2.24) is 15.2 Å². The molecule has 1 amide bonds. The average Bonchev–Trinajstić information content (AvgIpc) is 2.89. The number of hydrogen-bond acceptors (Lipinski definition) is 4. The fourth-order valence-electron chi connectivity index (χ4n) is 3.07. The van der Waals surface area contributed by atoms with Crippen molar-refractivity contribution in [1.29, 1.82) is 0 Å². The molecule has 27 heavy (non-hydrogen) atoms. The highest BCUT2D eigenvalue weighted by Gasteiger charge is 2.15. The third-order valence-electron chi connectivity index (χ3n) is 4.60. The lowest BCUT2D eigenvalue weighted by Gasteiger charge is -2.20. The number of hydrogen-bond donors (Lipinski definition) is 1. The minimum Gasteiger partial charge on any atom is -0.487 e. The number of carbonyl (C=O) groups is 1. The molecule has 1 N–H and O–H groups in total. The Morgan fingerprint density at radius 2 is 1.93 bits per heavy atom. The number of ether oxygens (including phenoxy) is 1. The van der Waals surface area contributed by atoms with Gasteiger partial charge in [-0.1, -0.05) is 24.6 Å². The molecule has 0 aliphatic carbocycles. The van der Waals surface area contributed by atoms with Gasteiger partial charge in [0.25, 0.3) is 0 Å². The highest BCUT2D eigenvalue weighted by molar-refractivity contribution is 5.85. The first kappa shape index (κ1) is 21.2. The molecular formula is C21H28ClN3O2. The van der Waals surface area contributed by atoms with Gasteiger partial charge in [-0.25, -0.2) is 0 Å². The van der Waals surface area contributed by atoms with Gasteiger partial charge in [-0.15, -0.1) is 12.4 Å². The molecule has 0 atom stereocenters. The van der Waals surface area contributed by atoms with Crippen LogP contribution in [0.25, 0.3) is 0 Å². The molecule has 0 radical (unpaired) electrons. The fraction of sp³-hybridized carbons (Fsp3) is 0.429. The maximum Gasteiger partial charge on any atom is 0.222 e. The molecule has 0 spiro atoms. The number of rotatable bonds is 8. The van der Waals surface area contributed by atoms with Gasteiger partial charge in [0.2, 0.25) is 5.91 Å². The fourth-order valence-corrected chi connectivity index (χ4v) is 3.07. The van der Waals surface area contributed by atoms with Crippen LogP contribution in [0.15, 0.2) is 48.7 Å². The van der Waals surface area contributed by atoms with E-state index in [0.29, 0.717) is 18.9 Å². The molecule has 6 heteroatoms. The molecule has 1 aliphatic heterocycles. The van der Waals surface area contributed by atoms with Crippen molar-refractivity contribution < 1.29 is 9.53 Å². The van der Waals surface area contributed by atoms with E-state index >= 15 is 0 Å². The molecule has 0 bridgehead atoms. The van der Waals surface area contributed by atoms with E-state index < -0.39 is 0 Å². The Bertz CT molecular complexity index is 680. The Kier molecular flexibility index (Phi) is 9.08. The van der Waals surface area contributed by atoms with Crippen LogP contribution in [0.1, 0.15) is 36.9 Å². The number of nitrogens with one attached hydrogen (secondary N) is 1. The highest BCUT2D eigenvalue weighted by atomic mass is 35.5. The number of halogens is 1. The lowest BCUT2D eigenvalue weighted by molar-refractivity contribution is -0.130. The van der Waals surface area contributed by atoms with E-state index in [-0.39, 0.29) is 12.4 Å². The van der Waals surface area contributed by atoms with E-state index in [2.05, 4.69) is 22.4 Å². The third kappa shape index (κ3) is 7.19. The van der Waals surface area contributed by atoms with Crippen LogP contribution in [-0.2, 0) is 17.9 Å². The highest BCUT2D eigenvalue weighted by Crippen LogP contribution is 2.14. The number of likely N-dealkylation sites (tertiary alicyclic amines) is 1. The predicted octanol–water partition coefficient (Wildman–Crippen LogP) is 3.57. The molecule has 1 aliphatic rings. The molecule has 1 saturated heterocycles. The molecule has 2 aromatic rings. The minimum atomic E-state index is 0. The van der Waals surface area contributed by atoms with Gasteiger partial charge in [0.15, 0.2) is 0 Å². The molecular weight excluding hydrogens is 362 g/mol. The Morgan fingerprint density at radius 3 is 2.70 bits per heavy atom. The summed E-state index contributed by atoms with van der Waals surface area (Å²) in [4.78, 5) is 18.2. The molecule has 2 heterocycles.